The van der Waals surface area contributed by atoms with Crippen LogP contribution in [0.3, 0.4) is 0 Å². The number of amides is 1. The maximum absolute atomic E-state index is 11.9. The van der Waals surface area contributed by atoms with Crippen LogP contribution in [-0.2, 0) is 22.4 Å². The normalized spacial score (nSPS) is 11.1. The van der Waals surface area contributed by atoms with Gasteiger partial charge in [0.1, 0.15) is 0 Å². The summed E-state index contributed by atoms with van der Waals surface area (Å²) < 4.78 is 0. The fraction of sp³-hybridized carbons (Fsp3) is 0.176. The molecule has 0 aliphatic carbocycles. The van der Waals surface area contributed by atoms with Gasteiger partial charge in [0.15, 0.2) is 0 Å². The molecule has 108 valence electrons. The maximum atomic E-state index is 11.9. The second-order valence-corrected chi connectivity index (χ2v) is 4.79. The first-order chi connectivity index (χ1) is 10.1. The zero-order chi connectivity index (χ0) is 15.1. The fourth-order valence-corrected chi connectivity index (χ4v) is 2.07. The third-order valence-electron chi connectivity index (χ3n) is 3.11. The largest absolute Gasteiger partial charge is 1.00 e. The average molecular weight is 321 g/mol. The molecular weight excluding hydrogens is 305 g/mol. The Kier molecular flexibility index (Phi) is 8.59. The van der Waals surface area contributed by atoms with Gasteiger partial charge in [-0.3, -0.25) is 4.79 Å². The SMILES string of the molecule is O=C(Cc1ccccc1)N[C@H](Cc1ccccc1)C(=O)[O-].[K+]. The van der Waals surface area contributed by atoms with Gasteiger partial charge in [-0.05, 0) is 17.5 Å². The van der Waals surface area contributed by atoms with Crippen molar-refractivity contribution in [3.8, 4) is 0 Å². The monoisotopic (exact) mass is 321 g/mol. The first-order valence-corrected chi connectivity index (χ1v) is 6.73. The summed E-state index contributed by atoms with van der Waals surface area (Å²) in [6.07, 6.45) is 0.364. The van der Waals surface area contributed by atoms with Gasteiger partial charge < -0.3 is 15.2 Å². The molecule has 4 nitrogen and oxygen atoms in total. The van der Waals surface area contributed by atoms with E-state index < -0.39 is 12.0 Å². The maximum Gasteiger partial charge on any atom is 1.00 e. The first-order valence-electron chi connectivity index (χ1n) is 6.73. The Balaban J connectivity index is 0.00000242. The van der Waals surface area contributed by atoms with Gasteiger partial charge >= 0.3 is 51.4 Å². The van der Waals surface area contributed by atoms with Crippen LogP contribution in [0, 0.1) is 0 Å². The van der Waals surface area contributed by atoms with Crippen molar-refractivity contribution in [3.63, 3.8) is 0 Å². The van der Waals surface area contributed by atoms with E-state index in [9.17, 15) is 14.7 Å². The quantitative estimate of drug-likeness (QED) is 0.609. The number of benzene rings is 2. The van der Waals surface area contributed by atoms with Crippen molar-refractivity contribution in [1.82, 2.24) is 5.32 Å². The Labute approximate surface area is 172 Å². The van der Waals surface area contributed by atoms with Gasteiger partial charge in [-0.1, -0.05) is 60.7 Å². The van der Waals surface area contributed by atoms with E-state index in [1.807, 2.05) is 60.7 Å². The van der Waals surface area contributed by atoms with Crippen LogP contribution in [0.5, 0.6) is 0 Å². The zero-order valence-corrected chi connectivity index (χ0v) is 15.6. The van der Waals surface area contributed by atoms with Crippen LogP contribution < -0.4 is 61.8 Å². The number of carbonyl (C=O) groups excluding carboxylic acids is 2. The molecule has 0 bridgehead atoms. The van der Waals surface area contributed by atoms with Crippen LogP contribution in [0.15, 0.2) is 60.7 Å². The number of carboxylic acid groups (broad SMARTS) is 1. The number of carbonyl (C=O) groups is 2. The van der Waals surface area contributed by atoms with Crippen LogP contribution in [0.4, 0.5) is 0 Å². The summed E-state index contributed by atoms with van der Waals surface area (Å²) in [5.74, 6) is -1.61. The number of carboxylic acids is 1. The summed E-state index contributed by atoms with van der Waals surface area (Å²) >= 11 is 0. The Morgan fingerprint density at radius 1 is 0.909 bits per heavy atom. The number of hydrogen-bond acceptors (Lipinski definition) is 3. The zero-order valence-electron chi connectivity index (χ0n) is 12.5. The van der Waals surface area contributed by atoms with Gasteiger partial charge in [0, 0.05) is 0 Å². The third-order valence-corrected chi connectivity index (χ3v) is 3.11. The van der Waals surface area contributed by atoms with Crippen molar-refractivity contribution in [3.05, 3.63) is 71.8 Å². The van der Waals surface area contributed by atoms with E-state index >= 15 is 0 Å². The van der Waals surface area contributed by atoms with E-state index in [0.29, 0.717) is 0 Å². The molecule has 2 rings (SSSR count). The molecule has 0 fully saturated rings. The Morgan fingerprint density at radius 2 is 1.41 bits per heavy atom. The Hall–Kier alpha value is -0.984. The van der Waals surface area contributed by atoms with Crippen molar-refractivity contribution in [2.45, 2.75) is 18.9 Å². The van der Waals surface area contributed by atoms with E-state index in [1.165, 1.54) is 0 Å². The second kappa shape index (κ2) is 9.92. The fourth-order valence-electron chi connectivity index (χ4n) is 2.07. The topological polar surface area (TPSA) is 69.2 Å². The predicted octanol–water partition coefficient (Wildman–Crippen LogP) is -2.29. The molecule has 22 heavy (non-hydrogen) atoms. The molecule has 0 saturated heterocycles. The minimum Gasteiger partial charge on any atom is -0.548 e. The van der Waals surface area contributed by atoms with Crippen molar-refractivity contribution >= 4 is 11.9 Å². The van der Waals surface area contributed by atoms with E-state index in [-0.39, 0.29) is 70.1 Å². The molecule has 0 heterocycles. The molecule has 1 amide bonds. The minimum absolute atomic E-state index is 0. The summed E-state index contributed by atoms with van der Waals surface area (Å²) in [6, 6.07) is 17.3. The van der Waals surface area contributed by atoms with Gasteiger partial charge in [0.25, 0.3) is 0 Å². The predicted molar refractivity (Wildman–Crippen MR) is 77.2 cm³/mol. The van der Waals surface area contributed by atoms with Crippen LogP contribution in [0.25, 0.3) is 0 Å². The standard InChI is InChI=1S/C17H17NO3.K/c19-16(12-14-9-5-2-6-10-14)18-15(17(20)21)11-13-7-3-1-4-8-13;/h1-10,15H,11-12H2,(H,18,19)(H,20,21);/q;+1/p-1/t15-;/m1./s1. The van der Waals surface area contributed by atoms with Gasteiger partial charge in [0.2, 0.25) is 5.91 Å². The van der Waals surface area contributed by atoms with Crippen molar-refractivity contribution in [1.29, 1.82) is 0 Å². The van der Waals surface area contributed by atoms with E-state index in [1.54, 1.807) is 0 Å². The van der Waals surface area contributed by atoms with Crippen molar-refractivity contribution in [2.24, 2.45) is 0 Å². The minimum atomic E-state index is -1.28. The Morgan fingerprint density at radius 3 is 1.91 bits per heavy atom. The molecule has 0 aromatic heterocycles. The number of hydrogen-bond donors (Lipinski definition) is 1. The number of aliphatic carboxylic acids is 1. The van der Waals surface area contributed by atoms with E-state index in [4.69, 9.17) is 0 Å². The molecule has 0 aliphatic heterocycles. The molecule has 0 radical (unpaired) electrons. The molecule has 0 aliphatic rings. The average Bonchev–Trinajstić information content (AvgIpc) is 2.48. The smallest absolute Gasteiger partial charge is 0.548 e. The van der Waals surface area contributed by atoms with E-state index in [2.05, 4.69) is 5.32 Å². The van der Waals surface area contributed by atoms with Crippen LogP contribution in [-0.4, -0.2) is 17.9 Å². The summed E-state index contributed by atoms with van der Waals surface area (Å²) in [7, 11) is 0. The molecular formula is C17H16KNO3. The molecule has 0 unspecified atom stereocenters. The molecule has 2 aromatic rings. The second-order valence-electron chi connectivity index (χ2n) is 4.79. The summed E-state index contributed by atoms with van der Waals surface area (Å²) in [5, 5.41) is 13.7. The van der Waals surface area contributed by atoms with Gasteiger partial charge in [-0.25, -0.2) is 0 Å². The molecule has 1 atom stereocenters. The summed E-state index contributed by atoms with van der Waals surface area (Å²) in [6.45, 7) is 0. The van der Waals surface area contributed by atoms with Crippen LogP contribution in [0.2, 0.25) is 0 Å². The van der Waals surface area contributed by atoms with Crippen molar-refractivity contribution < 1.29 is 66.1 Å². The van der Waals surface area contributed by atoms with Crippen LogP contribution >= 0.6 is 0 Å². The molecule has 0 saturated carbocycles. The summed E-state index contributed by atoms with van der Waals surface area (Å²) in [4.78, 5) is 23.1. The summed E-state index contributed by atoms with van der Waals surface area (Å²) in [5.41, 5.74) is 1.68. The van der Waals surface area contributed by atoms with E-state index in [0.717, 1.165) is 11.1 Å². The van der Waals surface area contributed by atoms with Crippen LogP contribution in [0.1, 0.15) is 11.1 Å². The van der Waals surface area contributed by atoms with Gasteiger partial charge in [-0.2, -0.15) is 0 Å². The molecule has 2 aromatic carbocycles. The number of rotatable bonds is 6. The third kappa shape index (κ3) is 6.42. The molecule has 0 spiro atoms. The Bertz CT molecular complexity index is 602. The molecule has 5 heteroatoms. The molecule has 1 N–H and O–H groups in total. The van der Waals surface area contributed by atoms with Gasteiger partial charge in [0.05, 0.1) is 18.4 Å². The van der Waals surface area contributed by atoms with Crippen molar-refractivity contribution in [2.75, 3.05) is 0 Å². The number of nitrogens with one attached hydrogen (secondary N) is 1. The van der Waals surface area contributed by atoms with Gasteiger partial charge in [-0.15, -0.1) is 0 Å². The first kappa shape index (κ1) is 19.1.